The molecule has 0 radical (unpaired) electrons. The fourth-order valence-corrected chi connectivity index (χ4v) is 6.80. The highest BCUT2D eigenvalue weighted by Gasteiger charge is 2.33. The molecular weight excluding hydrogens is 445 g/mol. The van der Waals surface area contributed by atoms with Crippen LogP contribution < -0.4 is 26.2 Å². The molecule has 0 saturated carbocycles. The summed E-state index contributed by atoms with van der Waals surface area (Å²) in [5.41, 5.74) is 0.468. The van der Waals surface area contributed by atoms with E-state index in [4.69, 9.17) is 9.47 Å². The second kappa shape index (κ2) is 10.7. The predicted octanol–water partition coefficient (Wildman–Crippen LogP) is 4.24. The van der Waals surface area contributed by atoms with E-state index < -0.39 is 7.14 Å². The number of methoxy groups -OCH3 is 1. The lowest BCUT2D eigenvalue weighted by Crippen LogP contribution is -2.40. The molecule has 0 aliphatic heterocycles. The molecule has 0 bridgehead atoms. The molecular formula is C28H28NO4P. The number of fused-ring (bicyclic) bond motifs is 1. The molecule has 34 heavy (non-hydrogen) atoms. The highest BCUT2D eigenvalue weighted by Crippen LogP contribution is 2.41. The van der Waals surface area contributed by atoms with Gasteiger partial charge in [0.05, 0.1) is 31.1 Å². The highest BCUT2D eigenvalue weighted by atomic mass is 31.2. The zero-order chi connectivity index (χ0) is 24.0. The summed E-state index contributed by atoms with van der Waals surface area (Å²) >= 11 is 0. The van der Waals surface area contributed by atoms with Crippen molar-refractivity contribution in [2.75, 3.05) is 20.3 Å². The van der Waals surface area contributed by atoms with Gasteiger partial charge in [-0.1, -0.05) is 66.7 Å². The maximum atomic E-state index is 14.9. The molecule has 5 nitrogen and oxygen atoms in total. The number of pyridine rings is 1. The minimum absolute atomic E-state index is 0.275. The Morgan fingerprint density at radius 1 is 0.912 bits per heavy atom. The topological polar surface area (TPSA) is 57.5 Å². The van der Waals surface area contributed by atoms with Crippen molar-refractivity contribution in [3.8, 4) is 5.75 Å². The average Bonchev–Trinajstić information content (AvgIpc) is 2.89. The zero-order valence-electron chi connectivity index (χ0n) is 19.2. The Morgan fingerprint density at radius 3 is 2.15 bits per heavy atom. The molecule has 6 heteroatoms. The Labute approximate surface area is 199 Å². The molecule has 0 aliphatic carbocycles. The van der Waals surface area contributed by atoms with Gasteiger partial charge in [-0.15, -0.1) is 6.58 Å². The predicted molar refractivity (Wildman–Crippen MR) is 140 cm³/mol. The first-order valence-electron chi connectivity index (χ1n) is 11.2. The standard InChI is InChI=1S/C28H28NO4P/c1-3-4-18-33-19-17-29-26-16-15-23(32-2)20-22(26)21-27(28(29)30)34(31,24-11-7-5-8-12-24)25-13-9-6-10-14-25/h3,5-16,20-21H,1,4,17-19H2,2H3. The smallest absolute Gasteiger partial charge is 0.262 e. The van der Waals surface area contributed by atoms with Crippen molar-refractivity contribution in [2.45, 2.75) is 13.0 Å². The summed E-state index contributed by atoms with van der Waals surface area (Å²) in [5.74, 6) is 0.667. The summed E-state index contributed by atoms with van der Waals surface area (Å²) < 4.78 is 27.7. The van der Waals surface area contributed by atoms with Crippen LogP contribution in [0.5, 0.6) is 5.75 Å². The molecule has 1 aromatic heterocycles. The quantitative estimate of drug-likeness (QED) is 0.196. The van der Waals surface area contributed by atoms with Crippen LogP contribution in [0.1, 0.15) is 6.42 Å². The molecule has 0 atom stereocenters. The molecule has 4 rings (SSSR count). The third-order valence-electron chi connectivity index (χ3n) is 5.79. The van der Waals surface area contributed by atoms with E-state index in [0.29, 0.717) is 36.1 Å². The lowest BCUT2D eigenvalue weighted by Gasteiger charge is -2.22. The van der Waals surface area contributed by atoms with Crippen LogP contribution in [0.25, 0.3) is 10.9 Å². The third kappa shape index (κ3) is 4.63. The molecule has 0 amide bonds. The van der Waals surface area contributed by atoms with Crippen LogP contribution in [-0.4, -0.2) is 24.9 Å². The van der Waals surface area contributed by atoms with Gasteiger partial charge in [-0.25, -0.2) is 0 Å². The normalized spacial score (nSPS) is 11.4. The Balaban J connectivity index is 1.95. The highest BCUT2D eigenvalue weighted by molar-refractivity contribution is 7.85. The fourth-order valence-electron chi connectivity index (χ4n) is 4.05. The van der Waals surface area contributed by atoms with E-state index in [9.17, 15) is 9.36 Å². The maximum absolute atomic E-state index is 14.9. The van der Waals surface area contributed by atoms with Gasteiger partial charge in [0.1, 0.15) is 5.75 Å². The summed E-state index contributed by atoms with van der Waals surface area (Å²) in [5, 5.41) is 2.30. The van der Waals surface area contributed by atoms with Crippen molar-refractivity contribution < 1.29 is 14.0 Å². The summed E-state index contributed by atoms with van der Waals surface area (Å²) in [7, 11) is -1.85. The van der Waals surface area contributed by atoms with Gasteiger partial charge in [0.25, 0.3) is 5.56 Å². The molecule has 4 aromatic rings. The SMILES string of the molecule is C=CCCOCCn1c(=O)c(P(=O)(c2ccccc2)c2ccccc2)cc2cc(OC)ccc21. The second-order valence-corrected chi connectivity index (χ2v) is 10.6. The van der Waals surface area contributed by atoms with Crippen LogP contribution in [-0.2, 0) is 15.8 Å². The number of ether oxygens (including phenoxy) is 2. The number of nitrogens with zero attached hydrogens (tertiary/aromatic N) is 1. The lowest BCUT2D eigenvalue weighted by molar-refractivity contribution is 0.131. The molecule has 3 aromatic carbocycles. The van der Waals surface area contributed by atoms with Gasteiger partial charge in [-0.05, 0) is 30.7 Å². The van der Waals surface area contributed by atoms with Gasteiger partial charge in [0.15, 0.2) is 7.14 Å². The number of hydrogen-bond donors (Lipinski definition) is 0. The van der Waals surface area contributed by atoms with Gasteiger partial charge in [0, 0.05) is 22.5 Å². The molecule has 0 unspecified atom stereocenters. The van der Waals surface area contributed by atoms with E-state index in [2.05, 4.69) is 6.58 Å². The Hall–Kier alpha value is -3.40. The first kappa shape index (κ1) is 23.7. The molecule has 0 spiro atoms. The lowest BCUT2D eigenvalue weighted by atomic mass is 10.2. The number of benzene rings is 3. The number of aromatic nitrogens is 1. The second-order valence-electron chi connectivity index (χ2n) is 7.88. The van der Waals surface area contributed by atoms with Crippen molar-refractivity contribution in [3.05, 3.63) is 108 Å². The molecule has 0 aliphatic rings. The average molecular weight is 474 g/mol. The van der Waals surface area contributed by atoms with E-state index in [0.717, 1.165) is 17.3 Å². The molecule has 0 N–H and O–H groups in total. The minimum Gasteiger partial charge on any atom is -0.497 e. The Kier molecular flexibility index (Phi) is 7.46. The van der Waals surface area contributed by atoms with Crippen molar-refractivity contribution in [1.82, 2.24) is 4.57 Å². The van der Waals surface area contributed by atoms with Crippen LogP contribution >= 0.6 is 7.14 Å². The van der Waals surface area contributed by atoms with E-state index in [1.54, 1.807) is 23.8 Å². The molecule has 0 saturated heterocycles. The van der Waals surface area contributed by atoms with Crippen molar-refractivity contribution in [1.29, 1.82) is 0 Å². The largest absolute Gasteiger partial charge is 0.497 e. The fraction of sp³-hybridized carbons (Fsp3) is 0.179. The van der Waals surface area contributed by atoms with Gasteiger partial charge in [-0.2, -0.15) is 0 Å². The van der Waals surface area contributed by atoms with Crippen molar-refractivity contribution >= 4 is 34.0 Å². The summed E-state index contributed by atoms with van der Waals surface area (Å²) in [6.45, 7) is 4.95. The van der Waals surface area contributed by atoms with E-state index >= 15 is 0 Å². The molecule has 0 fully saturated rings. The van der Waals surface area contributed by atoms with Crippen LogP contribution in [0.2, 0.25) is 0 Å². The van der Waals surface area contributed by atoms with E-state index in [1.807, 2.05) is 78.9 Å². The monoisotopic (exact) mass is 473 g/mol. The third-order valence-corrected chi connectivity index (χ3v) is 8.84. The maximum Gasteiger partial charge on any atom is 0.262 e. The first-order valence-corrected chi connectivity index (χ1v) is 12.9. The van der Waals surface area contributed by atoms with Crippen LogP contribution in [0.4, 0.5) is 0 Å². The van der Waals surface area contributed by atoms with Gasteiger partial charge < -0.3 is 18.6 Å². The van der Waals surface area contributed by atoms with Gasteiger partial charge in [0.2, 0.25) is 0 Å². The van der Waals surface area contributed by atoms with Crippen molar-refractivity contribution in [2.24, 2.45) is 0 Å². The molecule has 1 heterocycles. The van der Waals surface area contributed by atoms with Crippen molar-refractivity contribution in [3.63, 3.8) is 0 Å². The van der Waals surface area contributed by atoms with Gasteiger partial charge >= 0.3 is 0 Å². The van der Waals surface area contributed by atoms with Crippen LogP contribution in [0.3, 0.4) is 0 Å². The number of hydrogen-bond acceptors (Lipinski definition) is 4. The van der Waals surface area contributed by atoms with Crippen LogP contribution in [0, 0.1) is 0 Å². The zero-order valence-corrected chi connectivity index (χ0v) is 20.1. The Bertz CT molecular complexity index is 1340. The summed E-state index contributed by atoms with van der Waals surface area (Å²) in [6.07, 6.45) is 2.54. The molecule has 174 valence electrons. The summed E-state index contributed by atoms with van der Waals surface area (Å²) in [6, 6.07) is 25.8. The minimum atomic E-state index is -3.45. The first-order chi connectivity index (χ1) is 16.6. The Morgan fingerprint density at radius 2 is 1.56 bits per heavy atom. The number of rotatable bonds is 10. The van der Waals surface area contributed by atoms with Gasteiger partial charge in [-0.3, -0.25) is 4.79 Å². The van der Waals surface area contributed by atoms with Crippen LogP contribution in [0.15, 0.2) is 102 Å². The van der Waals surface area contributed by atoms with E-state index in [-0.39, 0.29) is 10.9 Å². The summed E-state index contributed by atoms with van der Waals surface area (Å²) in [4.78, 5) is 13.9. The van der Waals surface area contributed by atoms with E-state index in [1.165, 1.54) is 0 Å².